The molecular formula is C37H50N4O8. The van der Waals surface area contributed by atoms with E-state index >= 15 is 0 Å². The molecule has 0 radical (unpaired) electrons. The van der Waals surface area contributed by atoms with Crippen molar-refractivity contribution in [3.05, 3.63) is 71.8 Å². The highest BCUT2D eigenvalue weighted by atomic mass is 16.4. The van der Waals surface area contributed by atoms with Gasteiger partial charge < -0.3 is 30.6 Å². The summed E-state index contributed by atoms with van der Waals surface area (Å²) in [4.78, 5) is 79.8. The molecule has 266 valence electrons. The molecule has 1 heterocycles. The second-order valence-corrected chi connectivity index (χ2v) is 13.3. The Morgan fingerprint density at radius 3 is 2.00 bits per heavy atom. The highest BCUT2D eigenvalue weighted by Crippen LogP contribution is 2.28. The number of carbonyl (C=O) groups excluding carboxylic acids is 4. The minimum absolute atomic E-state index is 0.0810. The number of nitrogens with one attached hydrogen (secondary N) is 2. The first kappa shape index (κ1) is 38.7. The lowest BCUT2D eigenvalue weighted by Gasteiger charge is -2.33. The lowest BCUT2D eigenvalue weighted by Crippen LogP contribution is -2.54. The van der Waals surface area contributed by atoms with Gasteiger partial charge in [-0.25, -0.2) is 4.79 Å². The predicted octanol–water partition coefficient (Wildman–Crippen LogP) is 3.28. The molecule has 2 aromatic carbocycles. The molecule has 4 N–H and O–H groups in total. The van der Waals surface area contributed by atoms with Crippen molar-refractivity contribution in [2.24, 2.45) is 11.8 Å². The number of nitrogens with zero attached hydrogens (tertiary/aromatic N) is 2. The van der Waals surface area contributed by atoms with Gasteiger partial charge in [0.05, 0.1) is 6.42 Å². The largest absolute Gasteiger partial charge is 0.481 e. The van der Waals surface area contributed by atoms with E-state index in [9.17, 15) is 39.0 Å². The molecule has 3 rings (SSSR count). The van der Waals surface area contributed by atoms with E-state index in [1.165, 1.54) is 18.9 Å². The number of hydrogen-bond acceptors (Lipinski definition) is 6. The fraction of sp³-hybridized carbons (Fsp3) is 0.514. The van der Waals surface area contributed by atoms with E-state index in [0.717, 1.165) is 24.0 Å². The van der Waals surface area contributed by atoms with Crippen molar-refractivity contribution < 1.29 is 39.0 Å². The quantitative estimate of drug-likeness (QED) is 0.186. The third-order valence-electron chi connectivity index (χ3n) is 8.95. The van der Waals surface area contributed by atoms with Gasteiger partial charge in [0.25, 0.3) is 0 Å². The molecule has 1 aliphatic heterocycles. The molecule has 12 nitrogen and oxygen atoms in total. The Bertz CT molecular complexity index is 1430. The van der Waals surface area contributed by atoms with Crippen molar-refractivity contribution >= 4 is 35.6 Å². The van der Waals surface area contributed by atoms with Gasteiger partial charge in [-0.15, -0.1) is 0 Å². The lowest BCUT2D eigenvalue weighted by atomic mass is 9.90. The van der Waals surface area contributed by atoms with Gasteiger partial charge in [-0.2, -0.15) is 0 Å². The lowest BCUT2D eigenvalue weighted by molar-refractivity contribution is -0.149. The minimum Gasteiger partial charge on any atom is -0.481 e. The number of carbonyl (C=O) groups is 6. The van der Waals surface area contributed by atoms with Crippen LogP contribution in [0.25, 0.3) is 0 Å². The number of benzene rings is 2. The van der Waals surface area contributed by atoms with Gasteiger partial charge in [0.2, 0.25) is 23.6 Å². The van der Waals surface area contributed by atoms with Gasteiger partial charge >= 0.3 is 11.9 Å². The number of likely N-dealkylation sites (N-methyl/N-ethyl adjacent to an activating group) is 1. The summed E-state index contributed by atoms with van der Waals surface area (Å²) < 4.78 is 0. The zero-order chi connectivity index (χ0) is 36.1. The standard InChI is InChI=1S/C37H50N4O8/c1-24(2)20-30(38-25(3)42)36(47)41-19-11-16-29(41)18-17-28(21-26-12-7-5-8-13-26)35(46)40(4)32(22-27-14-9-6-10-15-27)34(45)39-31(37(48)49)23-33(43)44/h5-10,12-15,24,28-32H,11,16-23H2,1-4H3,(H,38,42)(H,39,45)(H,43,44)(H,48,49)/t28-,29-,30-,31+,32-/m0/s1. The van der Waals surface area contributed by atoms with E-state index in [-0.39, 0.29) is 36.1 Å². The molecule has 2 aromatic rings. The van der Waals surface area contributed by atoms with E-state index in [1.807, 2.05) is 55.1 Å². The van der Waals surface area contributed by atoms with E-state index in [4.69, 9.17) is 0 Å². The van der Waals surface area contributed by atoms with Gasteiger partial charge in [0, 0.05) is 38.9 Å². The second kappa shape index (κ2) is 18.7. The Morgan fingerprint density at radius 1 is 0.878 bits per heavy atom. The van der Waals surface area contributed by atoms with E-state index in [2.05, 4.69) is 10.6 Å². The molecule has 1 fully saturated rings. The summed E-state index contributed by atoms with van der Waals surface area (Å²) in [5.41, 5.74) is 1.66. The maximum absolute atomic E-state index is 14.4. The van der Waals surface area contributed by atoms with Crippen LogP contribution < -0.4 is 10.6 Å². The highest BCUT2D eigenvalue weighted by Gasteiger charge is 2.37. The first-order chi connectivity index (χ1) is 23.3. The summed E-state index contributed by atoms with van der Waals surface area (Å²) in [6, 6.07) is 14.9. The first-order valence-electron chi connectivity index (χ1n) is 16.9. The molecule has 49 heavy (non-hydrogen) atoms. The summed E-state index contributed by atoms with van der Waals surface area (Å²) in [5.74, 6) is -4.73. The van der Waals surface area contributed by atoms with Crippen LogP contribution in [-0.4, -0.2) is 93.3 Å². The molecule has 1 saturated heterocycles. The van der Waals surface area contributed by atoms with Crippen LogP contribution in [0, 0.1) is 11.8 Å². The number of likely N-dealkylation sites (tertiary alicyclic amines) is 1. The van der Waals surface area contributed by atoms with E-state index in [0.29, 0.717) is 32.2 Å². The van der Waals surface area contributed by atoms with Crippen molar-refractivity contribution in [1.29, 1.82) is 0 Å². The number of hydrogen-bond donors (Lipinski definition) is 4. The summed E-state index contributed by atoms with van der Waals surface area (Å²) in [6.07, 6.45) is 2.68. The van der Waals surface area contributed by atoms with Crippen molar-refractivity contribution in [2.75, 3.05) is 13.6 Å². The zero-order valence-electron chi connectivity index (χ0n) is 28.8. The monoisotopic (exact) mass is 678 g/mol. The summed E-state index contributed by atoms with van der Waals surface area (Å²) >= 11 is 0. The second-order valence-electron chi connectivity index (χ2n) is 13.3. The number of carboxylic acid groups (broad SMARTS) is 2. The Labute approximate surface area is 288 Å². The van der Waals surface area contributed by atoms with Crippen LogP contribution in [0.3, 0.4) is 0 Å². The van der Waals surface area contributed by atoms with Crippen LogP contribution in [0.1, 0.15) is 70.4 Å². The van der Waals surface area contributed by atoms with Gasteiger partial charge in [0.1, 0.15) is 18.1 Å². The van der Waals surface area contributed by atoms with Gasteiger partial charge in [-0.1, -0.05) is 74.5 Å². The molecule has 12 heteroatoms. The smallest absolute Gasteiger partial charge is 0.326 e. The fourth-order valence-corrected chi connectivity index (χ4v) is 6.50. The Hall–Kier alpha value is -4.74. The van der Waals surface area contributed by atoms with Crippen molar-refractivity contribution in [3.8, 4) is 0 Å². The number of aliphatic carboxylic acids is 2. The molecule has 4 amide bonds. The van der Waals surface area contributed by atoms with Crippen molar-refractivity contribution in [3.63, 3.8) is 0 Å². The van der Waals surface area contributed by atoms with E-state index in [1.54, 1.807) is 24.3 Å². The van der Waals surface area contributed by atoms with Crippen LogP contribution in [-0.2, 0) is 41.6 Å². The molecule has 0 bridgehead atoms. The maximum atomic E-state index is 14.4. The third kappa shape index (κ3) is 12.0. The molecule has 1 aliphatic rings. The summed E-state index contributed by atoms with van der Waals surface area (Å²) in [7, 11) is 1.51. The Balaban J connectivity index is 1.87. The van der Waals surface area contributed by atoms with Crippen LogP contribution >= 0.6 is 0 Å². The molecule has 0 aliphatic carbocycles. The van der Waals surface area contributed by atoms with Crippen LogP contribution in [0.2, 0.25) is 0 Å². The number of rotatable bonds is 18. The minimum atomic E-state index is -1.67. The number of carboxylic acids is 2. The topological polar surface area (TPSA) is 173 Å². The fourth-order valence-electron chi connectivity index (χ4n) is 6.50. The van der Waals surface area contributed by atoms with Gasteiger partial charge in [0.15, 0.2) is 0 Å². The molecular weight excluding hydrogens is 628 g/mol. The predicted molar refractivity (Wildman–Crippen MR) is 183 cm³/mol. The zero-order valence-corrected chi connectivity index (χ0v) is 28.8. The summed E-state index contributed by atoms with van der Waals surface area (Å²) in [5, 5.41) is 24.0. The Kier molecular flexibility index (Phi) is 14.8. The average molecular weight is 679 g/mol. The average Bonchev–Trinajstić information content (AvgIpc) is 3.52. The van der Waals surface area contributed by atoms with Crippen molar-refractivity contribution in [2.45, 2.75) is 96.3 Å². The molecule has 0 saturated carbocycles. The first-order valence-corrected chi connectivity index (χ1v) is 16.9. The summed E-state index contributed by atoms with van der Waals surface area (Å²) in [6.45, 7) is 5.96. The maximum Gasteiger partial charge on any atom is 0.326 e. The van der Waals surface area contributed by atoms with Crippen LogP contribution in [0.15, 0.2) is 60.7 Å². The number of amides is 4. The van der Waals surface area contributed by atoms with Crippen LogP contribution in [0.5, 0.6) is 0 Å². The van der Waals surface area contributed by atoms with E-state index < -0.39 is 48.3 Å². The molecule has 0 spiro atoms. The Morgan fingerprint density at radius 2 is 1.47 bits per heavy atom. The molecule has 0 aromatic heterocycles. The SMILES string of the molecule is CC(=O)N[C@@H](CC(C)C)C(=O)N1CCC[C@H]1CC[C@@H](Cc1ccccc1)C(=O)N(C)[C@@H](Cc1ccccc1)C(=O)N[C@H](CC(=O)O)C(=O)O. The van der Waals surface area contributed by atoms with Gasteiger partial charge in [-0.05, 0) is 55.6 Å². The normalized spacial score (nSPS) is 16.7. The van der Waals surface area contributed by atoms with Crippen molar-refractivity contribution in [1.82, 2.24) is 20.4 Å². The van der Waals surface area contributed by atoms with Crippen LogP contribution in [0.4, 0.5) is 0 Å². The highest BCUT2D eigenvalue weighted by molar-refractivity contribution is 5.92. The third-order valence-corrected chi connectivity index (χ3v) is 8.95. The molecule has 5 atom stereocenters. The van der Waals surface area contributed by atoms with Gasteiger partial charge in [-0.3, -0.25) is 24.0 Å². The molecule has 0 unspecified atom stereocenters.